The Labute approximate surface area is 136 Å². The van der Waals surface area contributed by atoms with Crippen LogP contribution in [0, 0.1) is 6.92 Å². The number of likely N-dealkylation sites (tertiary alicyclic amines) is 1. The van der Waals surface area contributed by atoms with Gasteiger partial charge in [-0.15, -0.1) is 0 Å². The summed E-state index contributed by atoms with van der Waals surface area (Å²) in [5.74, 6) is 0.925. The molecule has 0 spiro atoms. The minimum atomic E-state index is 0.519. The van der Waals surface area contributed by atoms with E-state index >= 15 is 0 Å². The predicted molar refractivity (Wildman–Crippen MR) is 89.9 cm³/mol. The molecular weight excluding hydrogens is 286 g/mol. The van der Waals surface area contributed by atoms with E-state index in [1.807, 2.05) is 35.3 Å². The Hall–Kier alpha value is -2.27. The van der Waals surface area contributed by atoms with E-state index < -0.39 is 0 Å². The van der Waals surface area contributed by atoms with Gasteiger partial charge in [-0.1, -0.05) is 18.2 Å². The van der Waals surface area contributed by atoms with Crippen LogP contribution >= 0.6 is 0 Å². The third kappa shape index (κ3) is 2.97. The molecule has 0 bridgehead atoms. The van der Waals surface area contributed by atoms with Gasteiger partial charge >= 0.3 is 0 Å². The standard InChI is InChI=1S/C18H21N5/c1-14-16-7-2-3-8-17(16)21-18(20-14)13-22-10-4-6-15(22)12-23-11-5-9-19-23/h2-3,5,7-9,11,15H,4,6,10,12-13H2,1H3/t15-/m1/s1. The van der Waals surface area contributed by atoms with E-state index in [1.54, 1.807) is 0 Å². The molecule has 3 heterocycles. The topological polar surface area (TPSA) is 46.8 Å². The van der Waals surface area contributed by atoms with Crippen molar-refractivity contribution in [2.24, 2.45) is 0 Å². The highest BCUT2D eigenvalue weighted by Crippen LogP contribution is 2.22. The van der Waals surface area contributed by atoms with Crippen LogP contribution in [0.1, 0.15) is 24.4 Å². The van der Waals surface area contributed by atoms with Crippen LogP contribution in [0.15, 0.2) is 42.7 Å². The lowest BCUT2D eigenvalue weighted by molar-refractivity contribution is 0.214. The summed E-state index contributed by atoms with van der Waals surface area (Å²) in [6.07, 6.45) is 6.33. The molecule has 1 fully saturated rings. The minimum absolute atomic E-state index is 0.519. The molecule has 0 unspecified atom stereocenters. The van der Waals surface area contributed by atoms with Crippen LogP contribution in [0.3, 0.4) is 0 Å². The fraction of sp³-hybridized carbons (Fsp3) is 0.389. The van der Waals surface area contributed by atoms with Gasteiger partial charge in [0.25, 0.3) is 0 Å². The Bertz CT molecular complexity index is 796. The minimum Gasteiger partial charge on any atom is -0.291 e. The zero-order chi connectivity index (χ0) is 15.6. The molecule has 3 aromatic rings. The first kappa shape index (κ1) is 14.3. The van der Waals surface area contributed by atoms with Gasteiger partial charge in [0.2, 0.25) is 0 Å². The van der Waals surface area contributed by atoms with Crippen molar-refractivity contribution >= 4 is 10.9 Å². The lowest BCUT2D eigenvalue weighted by Gasteiger charge is -2.23. The molecule has 0 radical (unpaired) electrons. The third-order valence-electron chi connectivity index (χ3n) is 4.64. The predicted octanol–water partition coefficient (Wildman–Crippen LogP) is 2.80. The number of benzene rings is 1. The van der Waals surface area contributed by atoms with E-state index in [1.165, 1.54) is 12.8 Å². The fourth-order valence-corrected chi connectivity index (χ4v) is 3.48. The van der Waals surface area contributed by atoms with E-state index in [-0.39, 0.29) is 0 Å². The Morgan fingerprint density at radius 3 is 2.96 bits per heavy atom. The molecule has 1 aliphatic heterocycles. The van der Waals surface area contributed by atoms with Gasteiger partial charge in [-0.3, -0.25) is 9.58 Å². The maximum Gasteiger partial charge on any atom is 0.143 e. The lowest BCUT2D eigenvalue weighted by atomic mass is 10.2. The Morgan fingerprint density at radius 1 is 1.17 bits per heavy atom. The Balaban J connectivity index is 1.54. The molecule has 23 heavy (non-hydrogen) atoms. The molecule has 1 saturated heterocycles. The van der Waals surface area contributed by atoms with Crippen molar-refractivity contribution < 1.29 is 0 Å². The maximum atomic E-state index is 4.76. The van der Waals surface area contributed by atoms with Gasteiger partial charge in [-0.05, 0) is 38.4 Å². The van der Waals surface area contributed by atoms with Gasteiger partial charge in [0.15, 0.2) is 0 Å². The molecule has 1 atom stereocenters. The molecule has 0 aliphatic carbocycles. The number of para-hydroxylation sites is 1. The van der Waals surface area contributed by atoms with Crippen molar-refractivity contribution in [3.05, 3.63) is 54.2 Å². The van der Waals surface area contributed by atoms with Crippen LogP contribution < -0.4 is 0 Å². The van der Waals surface area contributed by atoms with E-state index in [4.69, 9.17) is 9.97 Å². The number of rotatable bonds is 4. The number of aryl methyl sites for hydroxylation is 1. The molecular formula is C18H21N5. The first-order valence-electron chi connectivity index (χ1n) is 8.23. The summed E-state index contributed by atoms with van der Waals surface area (Å²) >= 11 is 0. The fourth-order valence-electron chi connectivity index (χ4n) is 3.48. The average Bonchev–Trinajstić information content (AvgIpc) is 3.21. The van der Waals surface area contributed by atoms with Gasteiger partial charge < -0.3 is 0 Å². The second-order valence-corrected chi connectivity index (χ2v) is 6.24. The highest BCUT2D eigenvalue weighted by Gasteiger charge is 2.25. The second kappa shape index (κ2) is 6.08. The Kier molecular flexibility index (Phi) is 3.79. The van der Waals surface area contributed by atoms with Crippen molar-refractivity contribution in [1.82, 2.24) is 24.6 Å². The number of aromatic nitrogens is 4. The highest BCUT2D eigenvalue weighted by atomic mass is 15.3. The van der Waals surface area contributed by atoms with Crippen LogP contribution in [0.5, 0.6) is 0 Å². The highest BCUT2D eigenvalue weighted by molar-refractivity contribution is 5.80. The largest absolute Gasteiger partial charge is 0.291 e. The molecule has 4 rings (SSSR count). The van der Waals surface area contributed by atoms with Crippen LogP contribution in [0.2, 0.25) is 0 Å². The summed E-state index contributed by atoms with van der Waals surface area (Å²) in [7, 11) is 0. The summed E-state index contributed by atoms with van der Waals surface area (Å²) < 4.78 is 2.02. The van der Waals surface area contributed by atoms with Gasteiger partial charge in [-0.2, -0.15) is 5.10 Å². The average molecular weight is 307 g/mol. The van der Waals surface area contributed by atoms with Gasteiger partial charge in [0.1, 0.15) is 5.82 Å². The molecule has 118 valence electrons. The summed E-state index contributed by atoms with van der Waals surface area (Å²) in [5, 5.41) is 5.48. The first-order valence-corrected chi connectivity index (χ1v) is 8.23. The molecule has 5 nitrogen and oxygen atoms in total. The van der Waals surface area contributed by atoms with Gasteiger partial charge in [0.05, 0.1) is 18.6 Å². The van der Waals surface area contributed by atoms with E-state index in [9.17, 15) is 0 Å². The van der Waals surface area contributed by atoms with E-state index in [0.717, 1.165) is 42.1 Å². The van der Waals surface area contributed by atoms with Crippen LogP contribution in [0.4, 0.5) is 0 Å². The van der Waals surface area contributed by atoms with Crippen molar-refractivity contribution in [3.63, 3.8) is 0 Å². The lowest BCUT2D eigenvalue weighted by Crippen LogP contribution is -2.33. The van der Waals surface area contributed by atoms with Crippen molar-refractivity contribution in [1.29, 1.82) is 0 Å². The molecule has 1 aromatic carbocycles. The zero-order valence-electron chi connectivity index (χ0n) is 13.4. The molecule has 1 aliphatic rings. The van der Waals surface area contributed by atoms with Crippen LogP contribution in [0.25, 0.3) is 10.9 Å². The second-order valence-electron chi connectivity index (χ2n) is 6.24. The zero-order valence-corrected chi connectivity index (χ0v) is 13.4. The summed E-state index contributed by atoms with van der Waals surface area (Å²) in [6.45, 7) is 4.94. The van der Waals surface area contributed by atoms with Crippen molar-refractivity contribution in [2.45, 2.75) is 38.9 Å². The Morgan fingerprint density at radius 2 is 2.09 bits per heavy atom. The first-order chi connectivity index (χ1) is 11.3. The van der Waals surface area contributed by atoms with E-state index in [2.05, 4.69) is 29.1 Å². The third-order valence-corrected chi connectivity index (χ3v) is 4.64. The van der Waals surface area contributed by atoms with Gasteiger partial charge in [-0.25, -0.2) is 9.97 Å². The summed E-state index contributed by atoms with van der Waals surface area (Å²) in [5.41, 5.74) is 2.10. The summed E-state index contributed by atoms with van der Waals surface area (Å²) in [6, 6.07) is 10.7. The number of hydrogen-bond donors (Lipinski definition) is 0. The summed E-state index contributed by atoms with van der Waals surface area (Å²) in [4.78, 5) is 12.0. The normalized spacial score (nSPS) is 18.7. The van der Waals surface area contributed by atoms with Crippen LogP contribution in [-0.2, 0) is 13.1 Å². The number of fused-ring (bicyclic) bond motifs is 1. The smallest absolute Gasteiger partial charge is 0.143 e. The van der Waals surface area contributed by atoms with E-state index in [0.29, 0.717) is 6.04 Å². The quantitative estimate of drug-likeness (QED) is 0.743. The van der Waals surface area contributed by atoms with Crippen molar-refractivity contribution in [2.75, 3.05) is 6.54 Å². The number of hydrogen-bond acceptors (Lipinski definition) is 4. The molecule has 0 amide bonds. The van der Waals surface area contributed by atoms with Gasteiger partial charge in [0, 0.05) is 29.5 Å². The molecule has 0 saturated carbocycles. The number of nitrogens with zero attached hydrogens (tertiary/aromatic N) is 5. The maximum absolute atomic E-state index is 4.76. The monoisotopic (exact) mass is 307 g/mol. The molecule has 2 aromatic heterocycles. The van der Waals surface area contributed by atoms with Crippen LogP contribution in [-0.4, -0.2) is 37.2 Å². The van der Waals surface area contributed by atoms with Crippen molar-refractivity contribution in [3.8, 4) is 0 Å². The SMILES string of the molecule is Cc1nc(CN2CCC[C@@H]2Cn2cccn2)nc2ccccc12. The molecule has 0 N–H and O–H groups in total. The molecule has 5 heteroatoms.